The van der Waals surface area contributed by atoms with Crippen LogP contribution in [-0.2, 0) is 30.3 Å². The summed E-state index contributed by atoms with van der Waals surface area (Å²) >= 11 is 0. The molecule has 0 aromatic heterocycles. The van der Waals surface area contributed by atoms with Gasteiger partial charge in [-0.25, -0.2) is 13.6 Å². The van der Waals surface area contributed by atoms with Crippen LogP contribution in [0.2, 0.25) is 0 Å². The van der Waals surface area contributed by atoms with Crippen molar-refractivity contribution < 1.29 is 50.8 Å². The summed E-state index contributed by atoms with van der Waals surface area (Å²) in [6.07, 6.45) is -9.26. The van der Waals surface area contributed by atoms with Crippen molar-refractivity contribution in [2.75, 3.05) is 20.5 Å². The largest absolute Gasteiger partial charge is 0.464 e. The number of aliphatic hydroxyl groups excluding tert-OH is 1. The van der Waals surface area contributed by atoms with E-state index in [0.29, 0.717) is 13.0 Å². The van der Waals surface area contributed by atoms with Crippen LogP contribution >= 0.6 is 0 Å². The smallest absolute Gasteiger partial charge is 0.419 e. The monoisotopic (exact) mass is 428 g/mol. The Labute approximate surface area is 163 Å². The summed E-state index contributed by atoms with van der Waals surface area (Å²) in [4.78, 5) is 12.3. The molecular weight excluding hydrogens is 407 g/mol. The molecule has 164 valence electrons. The van der Waals surface area contributed by atoms with Gasteiger partial charge in [0.25, 0.3) is 0 Å². The van der Waals surface area contributed by atoms with Gasteiger partial charge in [-0.1, -0.05) is 6.07 Å². The van der Waals surface area contributed by atoms with E-state index in [4.69, 9.17) is 14.2 Å². The normalized spacial score (nSPS) is 27.3. The fourth-order valence-electron chi connectivity index (χ4n) is 3.20. The number of hydrogen-bond donors (Lipinski definition) is 1. The van der Waals surface area contributed by atoms with Gasteiger partial charge in [-0.2, -0.15) is 13.2 Å². The number of carbonyl (C=O) groups is 1. The van der Waals surface area contributed by atoms with Crippen molar-refractivity contribution in [2.24, 2.45) is 0 Å². The first-order valence-corrected chi connectivity index (χ1v) is 8.62. The van der Waals surface area contributed by atoms with Crippen molar-refractivity contribution in [3.8, 4) is 0 Å². The van der Waals surface area contributed by atoms with Crippen LogP contribution in [-0.4, -0.2) is 55.6 Å². The maximum atomic E-state index is 14.4. The Kier molecular flexibility index (Phi) is 7.20. The van der Waals surface area contributed by atoms with Crippen LogP contribution in [0.1, 0.15) is 30.9 Å². The van der Waals surface area contributed by atoms with Gasteiger partial charge >= 0.3 is 12.1 Å². The molecule has 0 saturated carbocycles. The van der Waals surface area contributed by atoms with Gasteiger partial charge in [-0.15, -0.1) is 0 Å². The second kappa shape index (κ2) is 8.90. The van der Waals surface area contributed by atoms with Crippen LogP contribution in [0.4, 0.5) is 22.0 Å². The molecule has 1 fully saturated rings. The predicted molar refractivity (Wildman–Crippen MR) is 87.7 cm³/mol. The fraction of sp³-hybridized carbons (Fsp3) is 0.611. The lowest BCUT2D eigenvalue weighted by atomic mass is 9.81. The molecule has 0 bridgehead atoms. The molecular formula is C18H21F5O6. The Balaban J connectivity index is 2.59. The van der Waals surface area contributed by atoms with Crippen LogP contribution in [0.25, 0.3) is 0 Å². The molecule has 29 heavy (non-hydrogen) atoms. The highest BCUT2D eigenvalue weighted by atomic mass is 19.4. The molecule has 4 atom stereocenters. The summed E-state index contributed by atoms with van der Waals surface area (Å²) < 4.78 is 88.3. The van der Waals surface area contributed by atoms with Crippen LogP contribution < -0.4 is 0 Å². The highest BCUT2D eigenvalue weighted by molar-refractivity contribution is 5.77. The van der Waals surface area contributed by atoms with E-state index in [9.17, 15) is 31.9 Å². The molecule has 1 aromatic carbocycles. The van der Waals surface area contributed by atoms with Gasteiger partial charge in [0.15, 0.2) is 23.3 Å². The average Bonchev–Trinajstić information content (AvgIpc) is 2.92. The van der Waals surface area contributed by atoms with Crippen molar-refractivity contribution in [1.82, 2.24) is 0 Å². The van der Waals surface area contributed by atoms with Crippen molar-refractivity contribution in [1.29, 1.82) is 0 Å². The third-order valence-electron chi connectivity index (χ3n) is 4.72. The molecule has 1 aliphatic rings. The number of aliphatic hydroxyl groups is 1. The minimum absolute atomic E-state index is 0.161. The van der Waals surface area contributed by atoms with Crippen molar-refractivity contribution in [3.63, 3.8) is 0 Å². The molecule has 0 unspecified atom stereocenters. The van der Waals surface area contributed by atoms with Crippen molar-refractivity contribution in [2.45, 2.75) is 50.4 Å². The molecule has 0 aliphatic carbocycles. The van der Waals surface area contributed by atoms with E-state index in [0.717, 1.165) is 6.07 Å². The lowest BCUT2D eigenvalue weighted by Gasteiger charge is -2.30. The lowest BCUT2D eigenvalue weighted by molar-refractivity contribution is -0.282. The Morgan fingerprint density at radius 1 is 1.31 bits per heavy atom. The second-order valence-electron chi connectivity index (χ2n) is 6.55. The number of hydrogen-bond acceptors (Lipinski definition) is 6. The highest BCUT2D eigenvalue weighted by Gasteiger charge is 2.67. The minimum atomic E-state index is -5.06. The number of ether oxygens (including phenoxy) is 4. The van der Waals surface area contributed by atoms with Crippen molar-refractivity contribution >= 4 is 5.97 Å². The maximum Gasteiger partial charge on any atom is 0.419 e. The van der Waals surface area contributed by atoms with Gasteiger partial charge in [0.1, 0.15) is 12.9 Å². The standard InChI is InChI=1S/C18H21F5O6/c1-4-28-16(25)14-12(15(24)17(2,29-14)18(21,22)23)9-5-6-11(19)13(20)10(9)7-27-8-26-3/h5-6,12,14-15,24H,4,7-8H2,1-3H3/t12-,14-,15-,17+/m0/s1. The fourth-order valence-corrected chi connectivity index (χ4v) is 3.20. The van der Waals surface area contributed by atoms with Gasteiger partial charge in [-0.3, -0.25) is 0 Å². The Morgan fingerprint density at radius 2 is 1.97 bits per heavy atom. The van der Waals surface area contributed by atoms with E-state index < -0.39 is 59.7 Å². The first-order chi connectivity index (χ1) is 13.5. The van der Waals surface area contributed by atoms with E-state index in [-0.39, 0.29) is 19.0 Å². The molecule has 0 amide bonds. The summed E-state index contributed by atoms with van der Waals surface area (Å²) in [5.74, 6) is -5.51. The van der Waals surface area contributed by atoms with Gasteiger partial charge in [0.2, 0.25) is 0 Å². The summed E-state index contributed by atoms with van der Waals surface area (Å²) in [5, 5.41) is 10.5. The summed E-state index contributed by atoms with van der Waals surface area (Å²) in [6, 6.07) is 1.66. The maximum absolute atomic E-state index is 14.4. The molecule has 0 radical (unpaired) electrons. The van der Waals surface area contributed by atoms with Gasteiger partial charge < -0.3 is 24.1 Å². The van der Waals surface area contributed by atoms with Crippen LogP contribution in [0, 0.1) is 11.6 Å². The third kappa shape index (κ3) is 4.37. The topological polar surface area (TPSA) is 74.2 Å². The van der Waals surface area contributed by atoms with E-state index in [1.807, 2.05) is 0 Å². The van der Waals surface area contributed by atoms with Crippen molar-refractivity contribution in [3.05, 3.63) is 34.9 Å². The van der Waals surface area contributed by atoms with Crippen LogP contribution in [0.3, 0.4) is 0 Å². The zero-order valence-corrected chi connectivity index (χ0v) is 15.9. The number of carbonyl (C=O) groups excluding carboxylic acids is 1. The zero-order chi connectivity index (χ0) is 22.0. The van der Waals surface area contributed by atoms with Crippen LogP contribution in [0.15, 0.2) is 12.1 Å². The number of methoxy groups -OCH3 is 1. The molecule has 1 heterocycles. The molecule has 2 rings (SSSR count). The highest BCUT2D eigenvalue weighted by Crippen LogP contribution is 2.50. The Bertz CT molecular complexity index is 740. The van der Waals surface area contributed by atoms with Gasteiger partial charge in [0.05, 0.1) is 19.1 Å². The average molecular weight is 428 g/mol. The number of esters is 1. The van der Waals surface area contributed by atoms with Crippen LogP contribution in [0.5, 0.6) is 0 Å². The number of benzene rings is 1. The van der Waals surface area contributed by atoms with E-state index >= 15 is 0 Å². The molecule has 1 N–H and O–H groups in total. The Hall–Kier alpha value is -1.82. The molecule has 6 nitrogen and oxygen atoms in total. The summed E-state index contributed by atoms with van der Waals surface area (Å²) in [5.41, 5.74) is -3.86. The number of alkyl halides is 3. The molecule has 1 saturated heterocycles. The molecule has 0 spiro atoms. The quantitative estimate of drug-likeness (QED) is 0.312. The minimum Gasteiger partial charge on any atom is -0.464 e. The van der Waals surface area contributed by atoms with E-state index in [1.54, 1.807) is 0 Å². The molecule has 1 aliphatic heterocycles. The zero-order valence-electron chi connectivity index (χ0n) is 15.9. The number of halogens is 5. The SMILES string of the molecule is CCOC(=O)[C@H]1O[C@@](C)(C(F)(F)F)[C@@H](O)[C@H]1c1ccc(F)c(F)c1COCOC. The first-order valence-electron chi connectivity index (χ1n) is 8.62. The molecule has 1 aromatic rings. The second-order valence-corrected chi connectivity index (χ2v) is 6.55. The third-order valence-corrected chi connectivity index (χ3v) is 4.72. The Morgan fingerprint density at radius 3 is 2.52 bits per heavy atom. The van der Waals surface area contributed by atoms with E-state index in [2.05, 4.69) is 4.74 Å². The van der Waals surface area contributed by atoms with Gasteiger partial charge in [0, 0.05) is 12.7 Å². The lowest BCUT2D eigenvalue weighted by Crippen LogP contribution is -2.51. The summed E-state index contributed by atoms with van der Waals surface area (Å²) in [7, 11) is 1.28. The van der Waals surface area contributed by atoms with E-state index in [1.165, 1.54) is 14.0 Å². The van der Waals surface area contributed by atoms with Gasteiger partial charge in [-0.05, 0) is 25.5 Å². The number of rotatable bonds is 7. The summed E-state index contributed by atoms with van der Waals surface area (Å²) in [6.45, 7) is 0.967. The predicted octanol–water partition coefficient (Wildman–Crippen LogP) is 2.81. The molecule has 11 heteroatoms. The first kappa shape index (κ1) is 23.5.